The van der Waals surface area contributed by atoms with E-state index < -0.39 is 53.8 Å². The second kappa shape index (κ2) is 9.37. The Morgan fingerprint density at radius 3 is 2.54 bits per heavy atom. The molecule has 208 valence electrons. The van der Waals surface area contributed by atoms with E-state index in [1.807, 2.05) is 6.07 Å². The molecule has 9 nitrogen and oxygen atoms in total. The van der Waals surface area contributed by atoms with E-state index in [2.05, 4.69) is 29.1 Å². The van der Waals surface area contributed by atoms with Crippen molar-refractivity contribution in [1.82, 2.24) is 14.9 Å². The lowest BCUT2D eigenvalue weighted by atomic mass is 9.69. The third-order valence-corrected chi connectivity index (χ3v) is 8.52. The predicted molar refractivity (Wildman–Crippen MR) is 146 cm³/mol. The highest BCUT2D eigenvalue weighted by Gasteiger charge is 2.62. The summed E-state index contributed by atoms with van der Waals surface area (Å²) in [5.41, 5.74) is -2.92. The molecule has 3 heterocycles. The van der Waals surface area contributed by atoms with Crippen molar-refractivity contribution < 1.29 is 24.9 Å². The van der Waals surface area contributed by atoms with Crippen LogP contribution >= 0.6 is 0 Å². The number of aromatic amines is 1. The number of ether oxygens (including phenoxy) is 1. The largest absolute Gasteiger partial charge is 0.453 e. The first-order valence-electron chi connectivity index (χ1n) is 15.5. The van der Waals surface area contributed by atoms with E-state index in [-0.39, 0.29) is 29.8 Å². The minimum absolute atomic E-state index is 0.0367. The number of nitrogens with zero attached hydrogens (tertiary/aromatic N) is 3. The van der Waals surface area contributed by atoms with Gasteiger partial charge < -0.3 is 20.1 Å². The standard InChI is InChI=1S/C30H39N5O4/c1-27(2)10-8-19(9-11-27)22-14-20(6-7-23(22)34-25(36)24-32-16-21(15-31)33-24)30(38)17-28(3)12-13-29(4,18-30)35(28)26(37)39-5/h6-7,14,16,19,38H,8-13,17-18H2,1-5H3,(H,32,33)(H,34,36)/i8D,12D,13D,19D. The highest BCUT2D eigenvalue weighted by Crippen LogP contribution is 2.57. The number of rotatable bonds is 4. The van der Waals surface area contributed by atoms with Crippen molar-refractivity contribution in [2.75, 3.05) is 12.4 Å². The second-order valence-corrected chi connectivity index (χ2v) is 12.3. The first kappa shape index (κ1) is 22.4. The number of nitrogens with one attached hydrogen (secondary N) is 2. The van der Waals surface area contributed by atoms with Crippen LogP contribution < -0.4 is 5.32 Å². The van der Waals surface area contributed by atoms with Crippen LogP contribution in [0.1, 0.15) is 118 Å². The van der Waals surface area contributed by atoms with Gasteiger partial charge in [0.2, 0.25) is 0 Å². The van der Waals surface area contributed by atoms with E-state index in [4.69, 9.17) is 14.1 Å². The summed E-state index contributed by atoms with van der Waals surface area (Å²) in [6, 6.07) is 6.82. The molecule has 9 heteroatoms. The van der Waals surface area contributed by atoms with Crippen molar-refractivity contribution in [2.45, 2.75) is 102 Å². The molecule has 1 aromatic carbocycles. The molecule has 2 saturated heterocycles. The lowest BCUT2D eigenvalue weighted by Gasteiger charge is -2.53. The molecule has 6 unspecified atom stereocenters. The van der Waals surface area contributed by atoms with Crippen LogP contribution in [0, 0.1) is 16.7 Å². The van der Waals surface area contributed by atoms with E-state index in [1.165, 1.54) is 18.2 Å². The monoisotopic (exact) mass is 537 g/mol. The van der Waals surface area contributed by atoms with Crippen LogP contribution in [-0.2, 0) is 10.3 Å². The normalized spacial score (nSPS) is 40.4. The number of benzene rings is 1. The molecule has 1 saturated carbocycles. The Labute approximate surface area is 235 Å². The number of imidazole rings is 1. The van der Waals surface area contributed by atoms with Crippen LogP contribution in [0.4, 0.5) is 10.5 Å². The zero-order valence-electron chi connectivity index (χ0n) is 27.1. The Morgan fingerprint density at radius 1 is 1.26 bits per heavy atom. The van der Waals surface area contributed by atoms with Crippen LogP contribution in [0.2, 0.25) is 0 Å². The number of hydrogen-bond donors (Lipinski definition) is 3. The van der Waals surface area contributed by atoms with Crippen LogP contribution in [0.25, 0.3) is 0 Å². The molecule has 2 amide bonds. The van der Waals surface area contributed by atoms with Gasteiger partial charge in [-0.25, -0.2) is 9.78 Å². The molecule has 0 spiro atoms. The number of fused-ring (bicyclic) bond motifs is 2. The fourth-order valence-corrected chi connectivity index (χ4v) is 6.53. The highest BCUT2D eigenvalue weighted by atomic mass is 16.5. The van der Waals surface area contributed by atoms with Gasteiger partial charge in [0.15, 0.2) is 5.82 Å². The maximum atomic E-state index is 13.1. The van der Waals surface area contributed by atoms with Crippen molar-refractivity contribution >= 4 is 17.7 Å². The molecule has 0 radical (unpaired) electrons. The molecular formula is C30H39N5O4. The molecule has 3 N–H and O–H groups in total. The van der Waals surface area contributed by atoms with Gasteiger partial charge >= 0.3 is 6.09 Å². The summed E-state index contributed by atoms with van der Waals surface area (Å²) in [5.74, 6) is -2.11. The highest BCUT2D eigenvalue weighted by molar-refractivity contribution is 6.02. The van der Waals surface area contributed by atoms with Gasteiger partial charge in [-0.3, -0.25) is 9.69 Å². The van der Waals surface area contributed by atoms with Gasteiger partial charge in [-0.05, 0) is 80.8 Å². The van der Waals surface area contributed by atoms with Gasteiger partial charge in [0.1, 0.15) is 11.8 Å². The summed E-state index contributed by atoms with van der Waals surface area (Å²) in [4.78, 5) is 34.1. The third kappa shape index (κ3) is 4.80. The van der Waals surface area contributed by atoms with Crippen LogP contribution in [0.5, 0.6) is 0 Å². The van der Waals surface area contributed by atoms with Crippen molar-refractivity contribution in [2.24, 2.45) is 5.41 Å². The van der Waals surface area contributed by atoms with Gasteiger partial charge in [0.05, 0.1) is 18.9 Å². The number of methoxy groups -OCH3 is 1. The number of aliphatic hydroxyl groups is 1. The summed E-state index contributed by atoms with van der Waals surface area (Å²) in [6.07, 6.45) is -0.805. The number of nitriles is 1. The summed E-state index contributed by atoms with van der Waals surface area (Å²) in [5, 5.41) is 24.2. The molecule has 5 rings (SSSR count). The molecule has 6 atom stereocenters. The molecule has 2 bridgehead atoms. The van der Waals surface area contributed by atoms with Gasteiger partial charge in [0, 0.05) is 35.1 Å². The van der Waals surface area contributed by atoms with E-state index in [0.717, 1.165) is 0 Å². The van der Waals surface area contributed by atoms with E-state index in [1.54, 1.807) is 32.0 Å². The van der Waals surface area contributed by atoms with Crippen molar-refractivity contribution in [3.8, 4) is 6.07 Å². The SMILES string of the molecule is [2H]C1CC(C)(C)CCC1([2H])c1cc(C2(O)CC3(C)C([2H])C([2H])C(C)(C2)N3C(=O)OC)ccc1NC(=O)c1ncc(C#N)[nH]1. The van der Waals surface area contributed by atoms with E-state index in [0.29, 0.717) is 36.1 Å². The van der Waals surface area contributed by atoms with E-state index in [9.17, 15) is 16.1 Å². The summed E-state index contributed by atoms with van der Waals surface area (Å²) >= 11 is 0. The molecule has 2 aromatic rings. The quantitative estimate of drug-likeness (QED) is 0.467. The van der Waals surface area contributed by atoms with Crippen molar-refractivity contribution in [3.05, 3.63) is 47.0 Å². The second-order valence-electron chi connectivity index (χ2n) is 12.3. The maximum absolute atomic E-state index is 13.1. The Morgan fingerprint density at radius 2 is 1.95 bits per heavy atom. The molecular weight excluding hydrogens is 494 g/mol. The smallest absolute Gasteiger partial charge is 0.410 e. The minimum Gasteiger partial charge on any atom is -0.453 e. The Hall–Kier alpha value is -3.38. The van der Waals surface area contributed by atoms with Gasteiger partial charge in [-0.2, -0.15) is 5.26 Å². The molecule has 1 aliphatic carbocycles. The summed E-state index contributed by atoms with van der Waals surface area (Å²) in [6.45, 7) is 7.53. The van der Waals surface area contributed by atoms with Gasteiger partial charge in [0.25, 0.3) is 5.91 Å². The molecule has 3 fully saturated rings. The molecule has 2 aliphatic heterocycles. The fourth-order valence-electron chi connectivity index (χ4n) is 6.53. The Balaban J connectivity index is 1.60. The van der Waals surface area contributed by atoms with Crippen molar-refractivity contribution in [1.29, 1.82) is 5.26 Å². The number of amides is 2. The molecule has 1 aromatic heterocycles. The summed E-state index contributed by atoms with van der Waals surface area (Å²) < 4.78 is 41.3. The van der Waals surface area contributed by atoms with Gasteiger partial charge in [-0.15, -0.1) is 0 Å². The average Bonchev–Trinajstić information content (AvgIpc) is 3.46. The van der Waals surface area contributed by atoms with Crippen LogP contribution in [0.3, 0.4) is 0 Å². The minimum atomic E-state index is -1.58. The zero-order chi connectivity index (χ0) is 31.8. The number of anilines is 1. The Bertz CT molecular complexity index is 1490. The lowest BCUT2D eigenvalue weighted by molar-refractivity contribution is -0.106. The number of aromatic nitrogens is 2. The van der Waals surface area contributed by atoms with Crippen LogP contribution in [-0.4, -0.2) is 50.2 Å². The maximum Gasteiger partial charge on any atom is 0.410 e. The van der Waals surface area contributed by atoms with Crippen molar-refractivity contribution in [3.63, 3.8) is 0 Å². The third-order valence-electron chi connectivity index (χ3n) is 8.52. The predicted octanol–water partition coefficient (Wildman–Crippen LogP) is 5.58. The average molecular weight is 538 g/mol. The zero-order valence-corrected chi connectivity index (χ0v) is 23.1. The van der Waals surface area contributed by atoms with Crippen LogP contribution in [0.15, 0.2) is 24.4 Å². The Kier molecular flexibility index (Phi) is 5.39. The number of H-pyrrole nitrogens is 1. The fraction of sp³-hybridized carbons (Fsp3) is 0.600. The van der Waals surface area contributed by atoms with E-state index >= 15 is 0 Å². The first-order valence-corrected chi connectivity index (χ1v) is 13.2. The molecule has 3 aliphatic rings. The lowest BCUT2D eigenvalue weighted by Crippen LogP contribution is -2.63. The topological polar surface area (TPSA) is 131 Å². The summed E-state index contributed by atoms with van der Waals surface area (Å²) in [7, 11) is 1.26. The number of hydrogen-bond acceptors (Lipinski definition) is 6. The van der Waals surface area contributed by atoms with Gasteiger partial charge in [-0.1, -0.05) is 26.0 Å². The molecule has 39 heavy (non-hydrogen) atoms. The number of piperidine rings is 1. The number of carbonyl (C=O) groups is 2. The number of carbonyl (C=O) groups excluding carboxylic acids is 2. The first-order chi connectivity index (χ1) is 19.9.